The molecular formula is C50H61N10O8W-. The SMILES string of the molecule is Cc1cccnc1N(C(=O)c1ccc(C2=NOC(C)(C)C2=O)cn1)[C@@H]1CCCN(C(=O)OC(C)(C)C)C1.Cc1cccnc1N(C(=O)c1ccc(C2=NOC(C)(C)C2=O)cn1)[C@@H]1CCCNC1.[CH3-].[W]. The molecule has 3 amide bonds. The fourth-order valence-electron chi connectivity index (χ4n) is 8.03. The first kappa shape index (κ1) is 53.7. The van der Waals surface area contributed by atoms with Gasteiger partial charge >= 0.3 is 6.09 Å². The van der Waals surface area contributed by atoms with Crippen LogP contribution in [0.5, 0.6) is 0 Å². The number of oxime groups is 2. The van der Waals surface area contributed by atoms with Crippen molar-refractivity contribution in [1.82, 2.24) is 30.2 Å². The van der Waals surface area contributed by atoms with Crippen LogP contribution in [0.15, 0.2) is 83.6 Å². The number of nitrogens with zero attached hydrogens (tertiary/aromatic N) is 9. The molecular weight excluding hydrogens is 1050 g/mol. The Bertz CT molecular complexity index is 2590. The van der Waals surface area contributed by atoms with Crippen LogP contribution >= 0.6 is 0 Å². The molecule has 4 aromatic rings. The number of ketones is 2. The van der Waals surface area contributed by atoms with E-state index in [1.807, 2.05) is 58.9 Å². The summed E-state index contributed by atoms with van der Waals surface area (Å²) in [6.07, 6.45) is 9.16. The molecule has 0 aliphatic carbocycles. The van der Waals surface area contributed by atoms with Gasteiger partial charge in [0.2, 0.25) is 11.6 Å². The molecule has 0 aromatic carbocycles. The van der Waals surface area contributed by atoms with Crippen molar-refractivity contribution < 1.29 is 59.4 Å². The van der Waals surface area contributed by atoms with Crippen LogP contribution < -0.4 is 15.1 Å². The third-order valence-electron chi connectivity index (χ3n) is 11.7. The van der Waals surface area contributed by atoms with Gasteiger partial charge in [-0.25, -0.2) is 14.8 Å². The van der Waals surface area contributed by atoms with Crippen molar-refractivity contribution in [3.63, 3.8) is 0 Å². The molecule has 2 fully saturated rings. The number of carbonyl (C=O) groups excluding carboxylic acids is 5. The number of carbonyl (C=O) groups is 5. The molecule has 0 unspecified atom stereocenters. The number of likely N-dealkylation sites (tertiary alicyclic amines) is 1. The van der Waals surface area contributed by atoms with Gasteiger partial charge < -0.3 is 32.1 Å². The third kappa shape index (κ3) is 12.1. The molecule has 2 saturated heterocycles. The molecule has 18 nitrogen and oxygen atoms in total. The molecule has 0 bridgehead atoms. The number of piperidine rings is 2. The van der Waals surface area contributed by atoms with E-state index >= 15 is 0 Å². The summed E-state index contributed by atoms with van der Waals surface area (Å²) < 4.78 is 5.57. The monoisotopic (exact) mass is 1110 g/mol. The van der Waals surface area contributed by atoms with E-state index < -0.39 is 22.9 Å². The van der Waals surface area contributed by atoms with Crippen LogP contribution in [-0.4, -0.2) is 121 Å². The van der Waals surface area contributed by atoms with Gasteiger partial charge in [-0.05, 0) is 142 Å². The zero-order chi connectivity index (χ0) is 48.3. The summed E-state index contributed by atoms with van der Waals surface area (Å²) >= 11 is 0. The fraction of sp³-hybridized carbons (Fsp3) is 0.440. The summed E-state index contributed by atoms with van der Waals surface area (Å²) in [7, 11) is 0. The van der Waals surface area contributed by atoms with Gasteiger partial charge in [0.1, 0.15) is 28.6 Å². The minimum Gasteiger partial charge on any atom is -0.444 e. The summed E-state index contributed by atoms with van der Waals surface area (Å²) in [6.45, 7) is 18.5. The van der Waals surface area contributed by atoms with Crippen molar-refractivity contribution in [2.75, 3.05) is 36.0 Å². The summed E-state index contributed by atoms with van der Waals surface area (Å²) in [5, 5.41) is 11.2. The number of Topliss-reactive ketones (excluding diaryl/α,β-unsaturated/α-hetero) is 2. The molecule has 0 radical (unpaired) electrons. The van der Waals surface area contributed by atoms with Crippen LogP contribution in [0.25, 0.3) is 0 Å². The van der Waals surface area contributed by atoms with E-state index in [4.69, 9.17) is 14.4 Å². The smallest absolute Gasteiger partial charge is 0.410 e. The first-order chi connectivity index (χ1) is 31.8. The van der Waals surface area contributed by atoms with E-state index in [-0.39, 0.29) is 81.1 Å². The van der Waals surface area contributed by atoms with Gasteiger partial charge in [-0.1, -0.05) is 22.4 Å². The van der Waals surface area contributed by atoms with Crippen LogP contribution in [-0.2, 0) is 45.1 Å². The van der Waals surface area contributed by atoms with Crippen molar-refractivity contribution >= 4 is 52.5 Å². The largest absolute Gasteiger partial charge is 0.444 e. The van der Waals surface area contributed by atoms with Crippen molar-refractivity contribution in [3.8, 4) is 0 Å². The van der Waals surface area contributed by atoms with Gasteiger partial charge in [0.05, 0.1) is 12.1 Å². The van der Waals surface area contributed by atoms with Crippen LogP contribution in [0, 0.1) is 21.3 Å². The van der Waals surface area contributed by atoms with Crippen molar-refractivity contribution in [2.45, 2.75) is 117 Å². The predicted octanol–water partition coefficient (Wildman–Crippen LogP) is 6.63. The second-order valence-electron chi connectivity index (χ2n) is 19.0. The zero-order valence-corrected chi connectivity index (χ0v) is 43.9. The molecule has 0 saturated carbocycles. The Labute approximate surface area is 417 Å². The minimum atomic E-state index is -1.03. The Morgan fingerprint density at radius 1 is 0.725 bits per heavy atom. The molecule has 4 aliphatic heterocycles. The molecule has 1 N–H and O–H groups in total. The maximum absolute atomic E-state index is 13.9. The van der Waals surface area contributed by atoms with E-state index in [1.54, 1.807) is 79.1 Å². The Hall–Kier alpha value is -6.26. The molecule has 69 heavy (non-hydrogen) atoms. The standard InChI is InChI=1S/C27H33N5O5.C22H25N5O3.CH3.W/c1-17-9-7-13-28-23(17)32(19-10-8-14-31(16-19)25(35)36-26(2,3)4)24(34)20-12-11-18(15-29-20)21-22(33)27(5,6)37-30-21;1-14-6-4-11-24-20(14)27(16-7-5-10-23-13-16)21(29)17-9-8-15(12-25-17)18-19(28)22(2,3)30-26-18;;/h7,9,11-13,15,19H,8,10,14,16H2,1-6H3;4,6,8-9,11-12,16,23H,5,7,10,13H2,1-3H3;1H3;/q;;-1;/t19-;16-;;/m11../s1. The van der Waals surface area contributed by atoms with Crippen molar-refractivity contribution in [1.29, 1.82) is 0 Å². The number of aryl methyl sites for hydroxylation is 2. The number of pyridine rings is 4. The number of nitrogens with one attached hydrogen (secondary N) is 1. The molecule has 0 spiro atoms. The van der Waals surface area contributed by atoms with Crippen molar-refractivity contribution in [2.24, 2.45) is 10.3 Å². The van der Waals surface area contributed by atoms with E-state index in [1.165, 1.54) is 12.4 Å². The summed E-state index contributed by atoms with van der Waals surface area (Å²) in [5.41, 5.74) is 1.01. The predicted molar refractivity (Wildman–Crippen MR) is 257 cm³/mol. The third-order valence-corrected chi connectivity index (χ3v) is 11.7. The zero-order valence-electron chi connectivity index (χ0n) is 40.9. The molecule has 366 valence electrons. The number of amides is 3. The Morgan fingerprint density at radius 2 is 1.20 bits per heavy atom. The quantitative estimate of drug-likeness (QED) is 0.184. The minimum absolute atomic E-state index is 0. The maximum Gasteiger partial charge on any atom is 0.410 e. The van der Waals surface area contributed by atoms with E-state index in [0.29, 0.717) is 60.9 Å². The summed E-state index contributed by atoms with van der Waals surface area (Å²) in [4.78, 5) is 98.2. The second-order valence-corrected chi connectivity index (χ2v) is 19.0. The average molecular weight is 1110 g/mol. The normalized spacial score (nSPS) is 19.2. The van der Waals surface area contributed by atoms with Crippen LogP contribution in [0.3, 0.4) is 0 Å². The van der Waals surface area contributed by atoms with Gasteiger partial charge in [0.15, 0.2) is 22.6 Å². The van der Waals surface area contributed by atoms with Gasteiger partial charge in [0, 0.05) is 76.6 Å². The van der Waals surface area contributed by atoms with E-state index in [2.05, 4.69) is 35.6 Å². The molecule has 2 atom stereocenters. The second kappa shape index (κ2) is 22.0. The van der Waals surface area contributed by atoms with Gasteiger partial charge in [-0.2, -0.15) is 0 Å². The number of rotatable bonds is 8. The van der Waals surface area contributed by atoms with Gasteiger partial charge in [-0.3, -0.25) is 38.9 Å². The van der Waals surface area contributed by atoms with Gasteiger partial charge in [0.25, 0.3) is 11.8 Å². The molecule has 8 heterocycles. The fourth-order valence-corrected chi connectivity index (χ4v) is 8.03. The number of anilines is 2. The number of hydrogen-bond acceptors (Lipinski definition) is 15. The number of aromatic nitrogens is 4. The van der Waals surface area contributed by atoms with Crippen molar-refractivity contribution in [3.05, 3.63) is 114 Å². The molecule has 8 rings (SSSR count). The first-order valence-electron chi connectivity index (χ1n) is 22.5. The number of ether oxygens (including phenoxy) is 1. The average Bonchev–Trinajstić information content (AvgIpc) is 3.74. The maximum atomic E-state index is 13.9. The Kier molecular flexibility index (Phi) is 17.1. The van der Waals surface area contributed by atoms with E-state index in [9.17, 15) is 24.0 Å². The van der Waals surface area contributed by atoms with Gasteiger partial charge in [-0.15, -0.1) is 0 Å². The summed E-state index contributed by atoms with van der Waals surface area (Å²) in [5.74, 6) is 0.146. The van der Waals surface area contributed by atoms with E-state index in [0.717, 1.165) is 30.5 Å². The molecule has 4 aliphatic rings. The van der Waals surface area contributed by atoms with Crippen LogP contribution in [0.2, 0.25) is 0 Å². The number of hydrogen-bond donors (Lipinski definition) is 1. The Morgan fingerprint density at radius 3 is 1.59 bits per heavy atom. The molecule has 4 aromatic heterocycles. The van der Waals surface area contributed by atoms with Crippen LogP contribution in [0.1, 0.15) is 117 Å². The molecule has 19 heteroatoms. The summed E-state index contributed by atoms with van der Waals surface area (Å²) in [6, 6.07) is 13.7. The topological polar surface area (TPSA) is 211 Å². The Balaban J connectivity index is 0.000000255. The van der Waals surface area contributed by atoms with Crippen LogP contribution in [0.4, 0.5) is 16.4 Å². The first-order valence-corrected chi connectivity index (χ1v) is 22.5.